The van der Waals surface area contributed by atoms with Gasteiger partial charge in [-0.25, -0.2) is 0 Å². The van der Waals surface area contributed by atoms with E-state index in [9.17, 15) is 0 Å². The van der Waals surface area contributed by atoms with Gasteiger partial charge in [-0.1, -0.05) is 42.8 Å². The number of halogens is 1. The van der Waals surface area contributed by atoms with Crippen LogP contribution in [0, 0.1) is 0 Å². The van der Waals surface area contributed by atoms with Crippen LogP contribution in [0.25, 0.3) is 11.1 Å². The van der Waals surface area contributed by atoms with Crippen LogP contribution < -0.4 is 5.32 Å². The molecular formula is C18H20ClN. The molecule has 1 N–H and O–H groups in total. The second-order valence-corrected chi connectivity index (χ2v) is 5.83. The van der Waals surface area contributed by atoms with E-state index in [1.807, 2.05) is 6.07 Å². The summed E-state index contributed by atoms with van der Waals surface area (Å²) in [6, 6.07) is 13.2. The third-order valence-corrected chi connectivity index (χ3v) is 4.41. The molecule has 104 valence electrons. The lowest BCUT2D eigenvalue weighted by Gasteiger charge is -2.10. The van der Waals surface area contributed by atoms with Crippen LogP contribution in [0.15, 0.2) is 36.4 Å². The number of hydrogen-bond acceptors (Lipinski definition) is 1. The van der Waals surface area contributed by atoms with Gasteiger partial charge in [0.15, 0.2) is 0 Å². The zero-order valence-corrected chi connectivity index (χ0v) is 12.6. The molecule has 1 nitrogen and oxygen atoms in total. The zero-order valence-electron chi connectivity index (χ0n) is 11.9. The van der Waals surface area contributed by atoms with E-state index in [4.69, 9.17) is 11.6 Å². The smallest absolute Gasteiger partial charge is 0.0451 e. The van der Waals surface area contributed by atoms with Crippen molar-refractivity contribution in [2.45, 2.75) is 32.7 Å². The van der Waals surface area contributed by atoms with Gasteiger partial charge < -0.3 is 5.32 Å². The molecule has 0 aromatic heterocycles. The minimum Gasteiger partial charge on any atom is -0.313 e. The summed E-state index contributed by atoms with van der Waals surface area (Å²) in [6.07, 6.45) is 3.76. The van der Waals surface area contributed by atoms with Crippen molar-refractivity contribution < 1.29 is 0 Å². The van der Waals surface area contributed by atoms with Gasteiger partial charge in [0.25, 0.3) is 0 Å². The normalized spacial score (nSPS) is 13.5. The van der Waals surface area contributed by atoms with Gasteiger partial charge in [0.1, 0.15) is 0 Å². The van der Waals surface area contributed by atoms with Gasteiger partial charge in [-0.2, -0.15) is 0 Å². The maximum Gasteiger partial charge on any atom is 0.0451 e. The van der Waals surface area contributed by atoms with Crippen molar-refractivity contribution in [2.24, 2.45) is 0 Å². The molecule has 0 bridgehead atoms. The topological polar surface area (TPSA) is 12.0 Å². The third-order valence-electron chi connectivity index (χ3n) is 4.04. The monoisotopic (exact) mass is 285 g/mol. The van der Waals surface area contributed by atoms with Crippen molar-refractivity contribution in [2.75, 3.05) is 6.54 Å². The Morgan fingerprint density at radius 3 is 2.60 bits per heavy atom. The standard InChI is InChI=1S/C18H20ClN/c1-2-20-12-17-11-16(8-9-18(17)19)15-7-6-13-4-3-5-14(13)10-15/h6-11,20H,2-5,12H2,1H3. The molecule has 3 rings (SSSR count). The van der Waals surface area contributed by atoms with Crippen molar-refractivity contribution in [1.29, 1.82) is 0 Å². The first-order valence-corrected chi connectivity index (χ1v) is 7.77. The zero-order chi connectivity index (χ0) is 13.9. The predicted molar refractivity (Wildman–Crippen MR) is 86.3 cm³/mol. The first-order chi connectivity index (χ1) is 9.78. The quantitative estimate of drug-likeness (QED) is 0.865. The Morgan fingerprint density at radius 1 is 1.00 bits per heavy atom. The van der Waals surface area contributed by atoms with Crippen molar-refractivity contribution in [3.63, 3.8) is 0 Å². The lowest BCUT2D eigenvalue weighted by molar-refractivity contribution is 0.727. The van der Waals surface area contributed by atoms with Crippen LogP contribution in [0.2, 0.25) is 5.02 Å². The molecule has 0 amide bonds. The van der Waals surface area contributed by atoms with Gasteiger partial charge in [-0.15, -0.1) is 0 Å². The van der Waals surface area contributed by atoms with E-state index in [-0.39, 0.29) is 0 Å². The largest absolute Gasteiger partial charge is 0.313 e. The molecular weight excluding hydrogens is 266 g/mol. The maximum atomic E-state index is 6.27. The highest BCUT2D eigenvalue weighted by Gasteiger charge is 2.12. The van der Waals surface area contributed by atoms with Gasteiger partial charge >= 0.3 is 0 Å². The lowest BCUT2D eigenvalue weighted by atomic mass is 9.99. The summed E-state index contributed by atoms with van der Waals surface area (Å²) in [4.78, 5) is 0. The van der Waals surface area contributed by atoms with Gasteiger partial charge in [-0.05, 0) is 65.8 Å². The van der Waals surface area contributed by atoms with Crippen molar-refractivity contribution in [3.8, 4) is 11.1 Å². The van der Waals surface area contributed by atoms with Crippen LogP contribution in [-0.4, -0.2) is 6.54 Å². The van der Waals surface area contributed by atoms with E-state index in [1.54, 1.807) is 0 Å². The van der Waals surface area contributed by atoms with Crippen molar-refractivity contribution >= 4 is 11.6 Å². The first-order valence-electron chi connectivity index (χ1n) is 7.39. The van der Waals surface area contributed by atoms with Crippen LogP contribution in [0.1, 0.15) is 30.0 Å². The molecule has 0 aliphatic heterocycles. The SMILES string of the molecule is CCNCc1cc(-c2ccc3c(c2)CCC3)ccc1Cl. The molecule has 1 aliphatic carbocycles. The Balaban J connectivity index is 1.93. The van der Waals surface area contributed by atoms with Crippen LogP contribution in [0.3, 0.4) is 0 Å². The van der Waals surface area contributed by atoms with E-state index in [0.717, 1.165) is 18.1 Å². The number of aryl methyl sites for hydroxylation is 2. The summed E-state index contributed by atoms with van der Waals surface area (Å²) in [5.74, 6) is 0. The number of fused-ring (bicyclic) bond motifs is 1. The summed E-state index contributed by atoms with van der Waals surface area (Å²) < 4.78 is 0. The summed E-state index contributed by atoms with van der Waals surface area (Å²) >= 11 is 6.27. The minimum atomic E-state index is 0.827. The predicted octanol–water partition coefficient (Wildman–Crippen LogP) is 4.61. The van der Waals surface area contributed by atoms with Crippen molar-refractivity contribution in [1.82, 2.24) is 5.32 Å². The van der Waals surface area contributed by atoms with Gasteiger partial charge in [0.05, 0.1) is 0 Å². The fourth-order valence-corrected chi connectivity index (χ4v) is 3.09. The molecule has 2 aromatic rings. The van der Waals surface area contributed by atoms with Crippen LogP contribution in [-0.2, 0) is 19.4 Å². The third kappa shape index (κ3) is 2.74. The fraction of sp³-hybridized carbons (Fsp3) is 0.333. The molecule has 20 heavy (non-hydrogen) atoms. The summed E-state index contributed by atoms with van der Waals surface area (Å²) in [5, 5.41) is 4.18. The average molecular weight is 286 g/mol. The number of hydrogen-bond donors (Lipinski definition) is 1. The summed E-state index contributed by atoms with van der Waals surface area (Å²) in [5.41, 5.74) is 6.78. The molecule has 0 radical (unpaired) electrons. The van der Waals surface area contributed by atoms with E-state index in [2.05, 4.69) is 42.6 Å². The molecule has 0 unspecified atom stereocenters. The van der Waals surface area contributed by atoms with Crippen LogP contribution >= 0.6 is 11.6 Å². The van der Waals surface area contributed by atoms with Crippen LogP contribution in [0.5, 0.6) is 0 Å². The molecule has 0 atom stereocenters. The Kier molecular flexibility index (Phi) is 4.09. The number of rotatable bonds is 4. The molecule has 0 saturated carbocycles. The molecule has 2 heteroatoms. The summed E-state index contributed by atoms with van der Waals surface area (Å²) in [7, 11) is 0. The fourth-order valence-electron chi connectivity index (χ4n) is 2.90. The first kappa shape index (κ1) is 13.7. The highest BCUT2D eigenvalue weighted by molar-refractivity contribution is 6.31. The Bertz CT molecular complexity index is 619. The molecule has 0 fully saturated rings. The molecule has 0 saturated heterocycles. The number of nitrogens with one attached hydrogen (secondary N) is 1. The van der Waals surface area contributed by atoms with Gasteiger partial charge in [-0.3, -0.25) is 0 Å². The van der Waals surface area contributed by atoms with E-state index >= 15 is 0 Å². The van der Waals surface area contributed by atoms with Gasteiger partial charge in [0, 0.05) is 11.6 Å². The second-order valence-electron chi connectivity index (χ2n) is 5.42. The Labute approximate surface area is 126 Å². The highest BCUT2D eigenvalue weighted by Crippen LogP contribution is 2.30. The lowest BCUT2D eigenvalue weighted by Crippen LogP contribution is -2.12. The van der Waals surface area contributed by atoms with E-state index in [0.29, 0.717) is 0 Å². The molecule has 2 aromatic carbocycles. The van der Waals surface area contributed by atoms with Gasteiger partial charge in [0.2, 0.25) is 0 Å². The Morgan fingerprint density at radius 2 is 1.75 bits per heavy atom. The molecule has 0 spiro atoms. The summed E-state index contributed by atoms with van der Waals surface area (Å²) in [6.45, 7) is 3.89. The van der Waals surface area contributed by atoms with Crippen molar-refractivity contribution in [3.05, 3.63) is 58.1 Å². The highest BCUT2D eigenvalue weighted by atomic mass is 35.5. The van der Waals surface area contributed by atoms with E-state index < -0.39 is 0 Å². The Hall–Kier alpha value is -1.31. The average Bonchev–Trinajstić information content (AvgIpc) is 2.94. The van der Waals surface area contributed by atoms with Crippen LogP contribution in [0.4, 0.5) is 0 Å². The maximum absolute atomic E-state index is 6.27. The molecule has 1 aliphatic rings. The van der Waals surface area contributed by atoms with E-state index in [1.165, 1.54) is 47.1 Å². The second kappa shape index (κ2) is 5.99. The molecule has 0 heterocycles. The number of benzene rings is 2. The minimum absolute atomic E-state index is 0.827.